The summed E-state index contributed by atoms with van der Waals surface area (Å²) in [6.45, 7) is 0. The van der Waals surface area contributed by atoms with Gasteiger partial charge in [-0.3, -0.25) is 16.0 Å². The molecule has 18 heavy (non-hydrogen) atoms. The lowest BCUT2D eigenvalue weighted by Crippen LogP contribution is -2.35. The number of nitrogens with one attached hydrogen (secondary N) is 1. The van der Waals surface area contributed by atoms with Crippen molar-refractivity contribution in [2.24, 2.45) is 12.9 Å². The van der Waals surface area contributed by atoms with Gasteiger partial charge in [-0.1, -0.05) is 18.2 Å². The van der Waals surface area contributed by atoms with Gasteiger partial charge in [-0.25, -0.2) is 0 Å². The van der Waals surface area contributed by atoms with E-state index in [-0.39, 0.29) is 6.04 Å². The second-order valence-electron chi connectivity index (χ2n) is 4.53. The number of rotatable bonds is 3. The second kappa shape index (κ2) is 4.76. The van der Waals surface area contributed by atoms with Gasteiger partial charge >= 0.3 is 0 Å². The third kappa shape index (κ3) is 2.05. The molecule has 2 atom stereocenters. The van der Waals surface area contributed by atoms with Gasteiger partial charge in [-0.15, -0.1) is 11.8 Å². The smallest absolute Gasteiger partial charge is 0.0818 e. The molecular weight excluding hydrogens is 244 g/mol. The zero-order valence-electron chi connectivity index (χ0n) is 10.2. The Morgan fingerprint density at radius 1 is 1.44 bits per heavy atom. The quantitative estimate of drug-likeness (QED) is 0.651. The SMILES string of the molecule is Cn1ccc(C(NN)C2Cc3ccccc3S2)n1. The Morgan fingerprint density at radius 2 is 2.28 bits per heavy atom. The highest BCUT2D eigenvalue weighted by atomic mass is 32.2. The van der Waals surface area contributed by atoms with Crippen LogP contribution in [0.3, 0.4) is 0 Å². The van der Waals surface area contributed by atoms with Crippen molar-refractivity contribution < 1.29 is 0 Å². The molecule has 0 aliphatic carbocycles. The maximum atomic E-state index is 5.72. The molecule has 4 nitrogen and oxygen atoms in total. The highest BCUT2D eigenvalue weighted by Crippen LogP contribution is 2.41. The number of hydrogen-bond acceptors (Lipinski definition) is 4. The minimum absolute atomic E-state index is 0.0867. The Balaban J connectivity index is 1.83. The van der Waals surface area contributed by atoms with Gasteiger partial charge in [0.2, 0.25) is 0 Å². The summed E-state index contributed by atoms with van der Waals surface area (Å²) in [5.41, 5.74) is 5.32. The van der Waals surface area contributed by atoms with Gasteiger partial charge in [0.25, 0.3) is 0 Å². The van der Waals surface area contributed by atoms with Gasteiger partial charge in [0.15, 0.2) is 0 Å². The van der Waals surface area contributed by atoms with Gasteiger partial charge in [-0.2, -0.15) is 5.10 Å². The zero-order chi connectivity index (χ0) is 12.5. The van der Waals surface area contributed by atoms with E-state index in [0.29, 0.717) is 5.25 Å². The molecule has 0 spiro atoms. The van der Waals surface area contributed by atoms with Crippen molar-refractivity contribution >= 4 is 11.8 Å². The van der Waals surface area contributed by atoms with Crippen molar-refractivity contribution in [2.45, 2.75) is 22.6 Å². The molecular formula is C13H16N4S. The maximum Gasteiger partial charge on any atom is 0.0818 e. The summed E-state index contributed by atoms with van der Waals surface area (Å²) in [7, 11) is 1.92. The fraction of sp³-hybridized carbons (Fsp3) is 0.308. The van der Waals surface area contributed by atoms with E-state index in [2.05, 4.69) is 34.8 Å². The normalized spacial score (nSPS) is 19.8. The topological polar surface area (TPSA) is 55.9 Å². The summed E-state index contributed by atoms with van der Waals surface area (Å²) in [6.07, 6.45) is 2.98. The number of nitrogens with two attached hydrogens (primary N) is 1. The monoisotopic (exact) mass is 260 g/mol. The molecule has 3 N–H and O–H groups in total. The first-order valence-corrected chi connectivity index (χ1v) is 6.86. The number of thioether (sulfide) groups is 1. The first kappa shape index (κ1) is 11.8. The van der Waals surface area contributed by atoms with Crippen LogP contribution in [0, 0.1) is 0 Å². The van der Waals surface area contributed by atoms with Gasteiger partial charge < -0.3 is 0 Å². The summed E-state index contributed by atoms with van der Waals surface area (Å²) < 4.78 is 1.81. The Labute approximate surface area is 111 Å². The van der Waals surface area contributed by atoms with E-state index in [0.717, 1.165) is 12.1 Å². The number of aryl methyl sites for hydroxylation is 1. The molecule has 2 unspecified atom stereocenters. The average molecular weight is 260 g/mol. The molecule has 0 saturated carbocycles. The number of nitrogens with zero attached hydrogens (tertiary/aromatic N) is 2. The number of hydrazine groups is 1. The van der Waals surface area contributed by atoms with Crippen LogP contribution < -0.4 is 11.3 Å². The molecule has 2 aromatic rings. The van der Waals surface area contributed by atoms with E-state index < -0.39 is 0 Å². The molecule has 1 aliphatic rings. The van der Waals surface area contributed by atoms with Gasteiger partial charge in [-0.05, 0) is 24.1 Å². The van der Waals surface area contributed by atoms with Crippen LogP contribution >= 0.6 is 11.8 Å². The second-order valence-corrected chi connectivity index (χ2v) is 5.81. The molecule has 0 radical (unpaired) electrons. The molecule has 0 bridgehead atoms. The van der Waals surface area contributed by atoms with Crippen LogP contribution in [0.1, 0.15) is 17.3 Å². The molecule has 5 heteroatoms. The van der Waals surface area contributed by atoms with Crippen LogP contribution in [0.5, 0.6) is 0 Å². The molecule has 3 rings (SSSR count). The van der Waals surface area contributed by atoms with Crippen LogP contribution in [0.25, 0.3) is 0 Å². The summed E-state index contributed by atoms with van der Waals surface area (Å²) in [6, 6.07) is 10.6. The number of fused-ring (bicyclic) bond motifs is 1. The van der Waals surface area contributed by atoms with Gasteiger partial charge in [0, 0.05) is 23.4 Å². The summed E-state index contributed by atoms with van der Waals surface area (Å²) in [5.74, 6) is 5.72. The third-order valence-electron chi connectivity index (χ3n) is 3.28. The summed E-state index contributed by atoms with van der Waals surface area (Å²) >= 11 is 1.88. The van der Waals surface area contributed by atoms with Crippen LogP contribution in [0.2, 0.25) is 0 Å². The van der Waals surface area contributed by atoms with E-state index >= 15 is 0 Å². The zero-order valence-corrected chi connectivity index (χ0v) is 11.0. The largest absolute Gasteiger partial charge is 0.275 e. The van der Waals surface area contributed by atoms with Crippen LogP contribution in [-0.4, -0.2) is 15.0 Å². The third-order valence-corrected chi connectivity index (χ3v) is 4.67. The Kier molecular flexibility index (Phi) is 3.11. The first-order valence-electron chi connectivity index (χ1n) is 5.98. The first-order chi connectivity index (χ1) is 8.78. The number of hydrogen-bond donors (Lipinski definition) is 2. The van der Waals surface area contributed by atoms with E-state index in [1.54, 1.807) is 0 Å². The minimum Gasteiger partial charge on any atom is -0.275 e. The minimum atomic E-state index is 0.0867. The Morgan fingerprint density at radius 3 is 2.94 bits per heavy atom. The van der Waals surface area contributed by atoms with Crippen molar-refractivity contribution in [1.82, 2.24) is 15.2 Å². The molecule has 1 aliphatic heterocycles. The lowest BCUT2D eigenvalue weighted by atomic mass is 10.0. The molecule has 94 valence electrons. The average Bonchev–Trinajstić information content (AvgIpc) is 2.96. The van der Waals surface area contributed by atoms with Crippen LogP contribution in [-0.2, 0) is 13.5 Å². The lowest BCUT2D eigenvalue weighted by Gasteiger charge is -2.19. The van der Waals surface area contributed by atoms with Gasteiger partial charge in [0.1, 0.15) is 0 Å². The number of aromatic nitrogens is 2. The molecule has 0 amide bonds. The molecule has 0 saturated heterocycles. The predicted molar refractivity (Wildman–Crippen MR) is 73.1 cm³/mol. The molecule has 1 aromatic carbocycles. The number of benzene rings is 1. The summed E-state index contributed by atoms with van der Waals surface area (Å²) in [4.78, 5) is 1.36. The van der Waals surface area contributed by atoms with E-state index in [4.69, 9.17) is 5.84 Å². The molecule has 0 fully saturated rings. The lowest BCUT2D eigenvalue weighted by molar-refractivity contribution is 0.513. The Bertz CT molecular complexity index is 526. The highest BCUT2D eigenvalue weighted by Gasteiger charge is 2.30. The Hall–Kier alpha value is -1.30. The fourth-order valence-electron chi connectivity index (χ4n) is 2.38. The van der Waals surface area contributed by atoms with Crippen molar-refractivity contribution in [2.75, 3.05) is 0 Å². The van der Waals surface area contributed by atoms with Crippen LogP contribution in [0.4, 0.5) is 0 Å². The molecule has 2 heterocycles. The fourth-order valence-corrected chi connectivity index (χ4v) is 3.78. The predicted octanol–water partition coefficient (Wildman–Crippen LogP) is 1.64. The highest BCUT2D eigenvalue weighted by molar-refractivity contribution is 8.00. The van der Waals surface area contributed by atoms with Crippen molar-refractivity contribution in [3.8, 4) is 0 Å². The van der Waals surface area contributed by atoms with Crippen molar-refractivity contribution in [3.63, 3.8) is 0 Å². The van der Waals surface area contributed by atoms with E-state index in [9.17, 15) is 0 Å². The maximum absolute atomic E-state index is 5.72. The van der Waals surface area contributed by atoms with E-state index in [1.807, 2.05) is 35.8 Å². The van der Waals surface area contributed by atoms with Crippen molar-refractivity contribution in [3.05, 3.63) is 47.8 Å². The standard InChI is InChI=1S/C13H16N4S/c1-17-7-6-10(16-17)13(15-14)12-8-9-4-2-3-5-11(9)18-12/h2-7,12-13,15H,8,14H2,1H3. The summed E-state index contributed by atoms with van der Waals surface area (Å²) in [5, 5.41) is 4.85. The van der Waals surface area contributed by atoms with Crippen molar-refractivity contribution in [1.29, 1.82) is 0 Å². The molecule has 1 aromatic heterocycles. The van der Waals surface area contributed by atoms with Crippen LogP contribution in [0.15, 0.2) is 41.4 Å². The van der Waals surface area contributed by atoms with Gasteiger partial charge in [0.05, 0.1) is 11.7 Å². The van der Waals surface area contributed by atoms with E-state index in [1.165, 1.54) is 10.5 Å².